The van der Waals surface area contributed by atoms with Crippen LogP contribution in [-0.2, 0) is 4.79 Å². The van der Waals surface area contributed by atoms with Crippen LogP contribution in [0.1, 0.15) is 26.7 Å². The van der Waals surface area contributed by atoms with Crippen molar-refractivity contribution in [3.63, 3.8) is 0 Å². The summed E-state index contributed by atoms with van der Waals surface area (Å²) < 4.78 is 0. The second-order valence-corrected chi connectivity index (χ2v) is 2.03. The van der Waals surface area contributed by atoms with Gasteiger partial charge in [0.1, 0.15) is 0 Å². The molecule has 5 nitrogen and oxygen atoms in total. The lowest BCUT2D eigenvalue weighted by atomic mass is 10.1. The number of carbonyl (C=O) groups is 1. The van der Waals surface area contributed by atoms with E-state index in [1.54, 1.807) is 13.8 Å². The molecule has 0 saturated carbocycles. The lowest BCUT2D eigenvalue weighted by Gasteiger charge is -2.01. The highest BCUT2D eigenvalue weighted by molar-refractivity contribution is 5.82. The summed E-state index contributed by atoms with van der Waals surface area (Å²) in [5.41, 5.74) is 0. The molecule has 0 spiro atoms. The molecule has 0 aromatic carbocycles. The first-order valence-electron chi connectivity index (χ1n) is 3.29. The number of hydrogen-bond donors (Lipinski definition) is 1. The second kappa shape index (κ2) is 5.79. The SMILES string of the molecule is CCC(=O)C(CC)[N+](=O)[O-].N. The van der Waals surface area contributed by atoms with Gasteiger partial charge < -0.3 is 6.15 Å². The molecule has 0 saturated heterocycles. The van der Waals surface area contributed by atoms with Crippen LogP contribution in [0.25, 0.3) is 0 Å². The Labute approximate surface area is 65.5 Å². The van der Waals surface area contributed by atoms with Gasteiger partial charge in [0.2, 0.25) is 5.78 Å². The summed E-state index contributed by atoms with van der Waals surface area (Å²) in [6.07, 6.45) is 0.541. The Morgan fingerprint density at radius 1 is 1.55 bits per heavy atom. The number of Topliss-reactive ketones (excluding diaryl/α,β-unsaturated/α-hetero) is 1. The van der Waals surface area contributed by atoms with E-state index >= 15 is 0 Å². The fraction of sp³-hybridized carbons (Fsp3) is 0.833. The molecule has 1 unspecified atom stereocenters. The summed E-state index contributed by atoms with van der Waals surface area (Å²) in [5, 5.41) is 10.1. The highest BCUT2D eigenvalue weighted by atomic mass is 16.6. The fourth-order valence-electron chi connectivity index (χ4n) is 0.730. The molecule has 3 N–H and O–H groups in total. The van der Waals surface area contributed by atoms with Gasteiger partial charge in [-0.15, -0.1) is 0 Å². The van der Waals surface area contributed by atoms with E-state index in [-0.39, 0.29) is 18.4 Å². The maximum Gasteiger partial charge on any atom is 0.270 e. The van der Waals surface area contributed by atoms with Gasteiger partial charge in [0.05, 0.1) is 0 Å². The van der Waals surface area contributed by atoms with E-state index in [1.165, 1.54) is 0 Å². The lowest BCUT2D eigenvalue weighted by Crippen LogP contribution is -2.27. The monoisotopic (exact) mass is 162 g/mol. The van der Waals surface area contributed by atoms with Crippen molar-refractivity contribution in [1.29, 1.82) is 0 Å². The Hall–Kier alpha value is -0.970. The van der Waals surface area contributed by atoms with Gasteiger partial charge >= 0.3 is 0 Å². The van der Waals surface area contributed by atoms with E-state index in [1.807, 2.05) is 0 Å². The predicted octanol–water partition coefficient (Wildman–Crippen LogP) is 1.18. The average Bonchev–Trinajstić information content (AvgIpc) is 1.88. The Balaban J connectivity index is 0. The zero-order valence-corrected chi connectivity index (χ0v) is 6.87. The molecule has 0 amide bonds. The first kappa shape index (κ1) is 12.7. The van der Waals surface area contributed by atoms with Gasteiger partial charge in [-0.05, 0) is 0 Å². The van der Waals surface area contributed by atoms with Crippen LogP contribution >= 0.6 is 0 Å². The molecule has 0 rings (SSSR count). The third kappa shape index (κ3) is 3.67. The molecule has 0 aliphatic heterocycles. The number of nitrogens with zero attached hydrogens (tertiary/aromatic N) is 1. The van der Waals surface area contributed by atoms with Crippen molar-refractivity contribution in [2.75, 3.05) is 0 Å². The molecule has 0 fully saturated rings. The van der Waals surface area contributed by atoms with Crippen molar-refractivity contribution >= 4 is 5.78 Å². The molecule has 0 aromatic heterocycles. The molecule has 5 heteroatoms. The summed E-state index contributed by atoms with van der Waals surface area (Å²) in [4.78, 5) is 20.3. The van der Waals surface area contributed by atoms with Crippen molar-refractivity contribution in [3.8, 4) is 0 Å². The van der Waals surface area contributed by atoms with E-state index in [9.17, 15) is 14.9 Å². The minimum Gasteiger partial charge on any atom is -0.344 e. The second-order valence-electron chi connectivity index (χ2n) is 2.03. The fourth-order valence-corrected chi connectivity index (χ4v) is 0.730. The summed E-state index contributed by atoms with van der Waals surface area (Å²) in [7, 11) is 0. The molecule has 0 heterocycles. The van der Waals surface area contributed by atoms with Crippen LogP contribution in [0.4, 0.5) is 0 Å². The van der Waals surface area contributed by atoms with E-state index in [2.05, 4.69) is 0 Å². The van der Waals surface area contributed by atoms with Crippen molar-refractivity contribution < 1.29 is 9.72 Å². The van der Waals surface area contributed by atoms with Gasteiger partial charge in [-0.3, -0.25) is 14.9 Å². The number of ketones is 1. The summed E-state index contributed by atoms with van der Waals surface area (Å²) in [5.74, 6) is -0.285. The molecule has 0 aromatic rings. The van der Waals surface area contributed by atoms with Gasteiger partial charge in [-0.25, -0.2) is 0 Å². The Morgan fingerprint density at radius 2 is 2.00 bits per heavy atom. The summed E-state index contributed by atoms with van der Waals surface area (Å²) in [6.45, 7) is 3.27. The molecule has 66 valence electrons. The van der Waals surface area contributed by atoms with E-state index in [0.717, 1.165) is 0 Å². The summed E-state index contributed by atoms with van der Waals surface area (Å²) in [6, 6.07) is -0.981. The van der Waals surface area contributed by atoms with Crippen molar-refractivity contribution in [1.82, 2.24) is 6.15 Å². The molecule has 1 atom stereocenters. The molecule has 0 aliphatic rings. The van der Waals surface area contributed by atoms with Crippen LogP contribution in [0.5, 0.6) is 0 Å². The predicted molar refractivity (Wildman–Crippen MR) is 41.4 cm³/mol. The number of rotatable bonds is 4. The largest absolute Gasteiger partial charge is 0.344 e. The highest BCUT2D eigenvalue weighted by Crippen LogP contribution is 2.00. The quantitative estimate of drug-likeness (QED) is 0.496. The van der Waals surface area contributed by atoms with Crippen LogP contribution in [0.2, 0.25) is 0 Å². The van der Waals surface area contributed by atoms with E-state index in [0.29, 0.717) is 6.42 Å². The number of nitro groups is 1. The number of hydrogen-bond acceptors (Lipinski definition) is 4. The van der Waals surface area contributed by atoms with Gasteiger partial charge in [0.25, 0.3) is 6.04 Å². The molecule has 0 aliphatic carbocycles. The Morgan fingerprint density at radius 3 is 2.09 bits per heavy atom. The maximum absolute atomic E-state index is 10.7. The van der Waals surface area contributed by atoms with Crippen LogP contribution in [0.3, 0.4) is 0 Å². The average molecular weight is 162 g/mol. The topological polar surface area (TPSA) is 95.2 Å². The van der Waals surface area contributed by atoms with Crippen molar-refractivity contribution in [3.05, 3.63) is 10.1 Å². The number of carbonyl (C=O) groups excluding carboxylic acids is 1. The molecular formula is C6H14N2O3. The van der Waals surface area contributed by atoms with E-state index < -0.39 is 11.0 Å². The van der Waals surface area contributed by atoms with Crippen molar-refractivity contribution in [2.24, 2.45) is 0 Å². The van der Waals surface area contributed by atoms with Gasteiger partial charge in [-0.2, -0.15) is 0 Å². The molecule has 11 heavy (non-hydrogen) atoms. The normalized spacial score (nSPS) is 11.5. The zero-order chi connectivity index (χ0) is 8.15. The first-order chi connectivity index (χ1) is 4.63. The zero-order valence-electron chi connectivity index (χ0n) is 6.87. The molecular weight excluding hydrogens is 148 g/mol. The van der Waals surface area contributed by atoms with Crippen LogP contribution in [0, 0.1) is 10.1 Å². The van der Waals surface area contributed by atoms with Crippen molar-refractivity contribution in [2.45, 2.75) is 32.7 Å². The van der Waals surface area contributed by atoms with Crippen LogP contribution < -0.4 is 6.15 Å². The lowest BCUT2D eigenvalue weighted by molar-refractivity contribution is -0.507. The first-order valence-corrected chi connectivity index (χ1v) is 3.29. The van der Waals surface area contributed by atoms with Gasteiger partial charge in [0.15, 0.2) is 0 Å². The third-order valence-electron chi connectivity index (χ3n) is 1.36. The minimum absolute atomic E-state index is 0. The van der Waals surface area contributed by atoms with E-state index in [4.69, 9.17) is 0 Å². The summed E-state index contributed by atoms with van der Waals surface area (Å²) >= 11 is 0. The Kier molecular flexibility index (Phi) is 6.67. The maximum atomic E-state index is 10.7. The van der Waals surface area contributed by atoms with Crippen LogP contribution in [0.15, 0.2) is 0 Å². The van der Waals surface area contributed by atoms with Gasteiger partial charge in [-0.1, -0.05) is 13.8 Å². The Bertz CT molecular complexity index is 147. The van der Waals surface area contributed by atoms with Crippen LogP contribution in [-0.4, -0.2) is 16.7 Å². The highest BCUT2D eigenvalue weighted by Gasteiger charge is 2.24. The smallest absolute Gasteiger partial charge is 0.270 e. The molecule has 0 bridgehead atoms. The molecule has 0 radical (unpaired) electrons. The standard InChI is InChI=1S/C6H11NO3.H3N/c1-3-5(7(9)10)6(8)4-2;/h5H,3-4H2,1-2H3;1H3. The third-order valence-corrected chi connectivity index (χ3v) is 1.36. The van der Waals surface area contributed by atoms with Gasteiger partial charge in [0, 0.05) is 17.8 Å². The minimum atomic E-state index is -0.981.